The molecular formula is C50H68. The molecule has 0 N–H and O–H groups in total. The molecule has 0 aromatic heterocycles. The fourth-order valence-corrected chi connectivity index (χ4v) is 12.0. The first-order chi connectivity index (χ1) is 23.7. The third-order valence-corrected chi connectivity index (χ3v) is 15.0. The zero-order valence-corrected chi connectivity index (χ0v) is 33.5. The van der Waals surface area contributed by atoms with Crippen molar-refractivity contribution in [3.63, 3.8) is 0 Å². The maximum atomic E-state index is 2.92. The molecule has 3 fully saturated rings. The molecule has 2 aromatic rings. The summed E-state index contributed by atoms with van der Waals surface area (Å²) >= 11 is 0. The Bertz CT molecular complexity index is 1630. The summed E-state index contributed by atoms with van der Waals surface area (Å²) in [6.07, 6.45) is 24.5. The predicted octanol–water partition coefficient (Wildman–Crippen LogP) is 14.1. The highest BCUT2D eigenvalue weighted by atomic mass is 14.6. The SMILES string of the molecule is CCCCC(C)(C)C1=CC2C3C=C4C(=CC3C(C(c3ccc(C)cc3)(c3ccc(C)cc3)C3CCCC3)C2C=C1CC)C(C)(C)CCC4(C)C. The minimum atomic E-state index is -0.0462. The molecule has 0 saturated heterocycles. The molecule has 268 valence electrons. The first kappa shape index (κ1) is 35.8. The quantitative estimate of drug-likeness (QED) is 0.249. The molecule has 5 aliphatic carbocycles. The normalized spacial score (nSPS) is 29.0. The van der Waals surface area contributed by atoms with Gasteiger partial charge in [-0.1, -0.05) is 165 Å². The van der Waals surface area contributed by atoms with Crippen LogP contribution in [0.2, 0.25) is 0 Å². The Morgan fingerprint density at radius 2 is 1.12 bits per heavy atom. The van der Waals surface area contributed by atoms with Gasteiger partial charge in [-0.3, -0.25) is 0 Å². The smallest absolute Gasteiger partial charge is 0.0270 e. The van der Waals surface area contributed by atoms with E-state index in [1.54, 1.807) is 33.4 Å². The van der Waals surface area contributed by atoms with Crippen molar-refractivity contribution in [2.24, 2.45) is 51.8 Å². The third-order valence-electron chi connectivity index (χ3n) is 15.0. The summed E-state index contributed by atoms with van der Waals surface area (Å²) in [5.41, 5.74) is 13.1. The summed E-state index contributed by atoms with van der Waals surface area (Å²) in [4.78, 5) is 0. The number of benzene rings is 2. The van der Waals surface area contributed by atoms with Gasteiger partial charge in [0.05, 0.1) is 0 Å². The van der Waals surface area contributed by atoms with Crippen molar-refractivity contribution in [3.05, 3.63) is 117 Å². The molecule has 7 rings (SSSR count). The van der Waals surface area contributed by atoms with Crippen LogP contribution in [0.1, 0.15) is 142 Å². The average molecular weight is 669 g/mol. The van der Waals surface area contributed by atoms with Gasteiger partial charge in [0.15, 0.2) is 0 Å². The first-order valence-corrected chi connectivity index (χ1v) is 20.8. The minimum Gasteiger partial charge on any atom is -0.0770 e. The first-order valence-electron chi connectivity index (χ1n) is 20.8. The number of hydrogen-bond donors (Lipinski definition) is 0. The lowest BCUT2D eigenvalue weighted by atomic mass is 9.51. The van der Waals surface area contributed by atoms with Crippen LogP contribution in [0.5, 0.6) is 0 Å². The highest BCUT2D eigenvalue weighted by molar-refractivity contribution is 5.53. The lowest BCUT2D eigenvalue weighted by Gasteiger charge is -2.52. The minimum absolute atomic E-state index is 0.0462. The Hall–Kier alpha value is -2.60. The van der Waals surface area contributed by atoms with Crippen molar-refractivity contribution in [2.75, 3.05) is 0 Å². The molecule has 50 heavy (non-hydrogen) atoms. The van der Waals surface area contributed by atoms with Gasteiger partial charge in [-0.25, -0.2) is 0 Å². The standard InChI is InChI=1S/C50H68/c1-11-13-26-47(5,6)43-30-39-40-31-44-45(49(9,10)28-27-48(44,7)8)32-42(40)46(41(39)29-35(43)12-2)50(36-16-14-15-17-36,37-22-18-33(3)19-23-37)38-24-20-34(4)21-25-38/h18-25,29-32,36,39-42,46H,11-17,26-28H2,1-10H3. The number of hydrogen-bond acceptors (Lipinski definition) is 0. The van der Waals surface area contributed by atoms with Crippen LogP contribution in [0.25, 0.3) is 0 Å². The van der Waals surface area contributed by atoms with Crippen molar-refractivity contribution >= 4 is 0 Å². The van der Waals surface area contributed by atoms with E-state index in [2.05, 4.69) is 142 Å². The van der Waals surface area contributed by atoms with Gasteiger partial charge in [-0.15, -0.1) is 0 Å². The van der Waals surface area contributed by atoms with Gasteiger partial charge in [0.25, 0.3) is 0 Å². The van der Waals surface area contributed by atoms with E-state index in [0.29, 0.717) is 35.5 Å². The van der Waals surface area contributed by atoms with Crippen molar-refractivity contribution in [3.8, 4) is 0 Å². The van der Waals surface area contributed by atoms with E-state index in [9.17, 15) is 0 Å². The van der Waals surface area contributed by atoms with Gasteiger partial charge in [-0.2, -0.15) is 0 Å². The molecule has 2 aromatic carbocycles. The summed E-state index contributed by atoms with van der Waals surface area (Å²) in [5, 5.41) is 0. The van der Waals surface area contributed by atoms with Crippen molar-refractivity contribution in [1.82, 2.24) is 0 Å². The maximum Gasteiger partial charge on any atom is 0.0270 e. The molecule has 0 spiro atoms. The molecule has 0 nitrogen and oxygen atoms in total. The molecule has 3 saturated carbocycles. The van der Waals surface area contributed by atoms with E-state index in [-0.39, 0.29) is 21.7 Å². The zero-order chi connectivity index (χ0) is 35.6. The summed E-state index contributed by atoms with van der Waals surface area (Å²) in [5.74, 6) is 3.20. The molecule has 0 heterocycles. The molecule has 5 unspecified atom stereocenters. The van der Waals surface area contributed by atoms with E-state index in [4.69, 9.17) is 0 Å². The van der Waals surface area contributed by atoms with E-state index in [1.165, 1.54) is 68.9 Å². The Morgan fingerprint density at radius 1 is 0.640 bits per heavy atom. The zero-order valence-electron chi connectivity index (χ0n) is 33.5. The largest absolute Gasteiger partial charge is 0.0770 e. The number of fused-ring (bicyclic) bond motifs is 4. The van der Waals surface area contributed by atoms with Gasteiger partial charge in [0, 0.05) is 5.41 Å². The van der Waals surface area contributed by atoms with E-state index < -0.39 is 0 Å². The summed E-state index contributed by atoms with van der Waals surface area (Å²) in [7, 11) is 0. The monoisotopic (exact) mass is 669 g/mol. The Balaban J connectivity index is 1.53. The highest BCUT2D eigenvalue weighted by Gasteiger charge is 2.62. The molecule has 0 radical (unpaired) electrons. The van der Waals surface area contributed by atoms with Crippen molar-refractivity contribution < 1.29 is 0 Å². The Labute approximate surface area is 307 Å². The number of unbranched alkanes of at least 4 members (excludes halogenated alkanes) is 1. The summed E-state index contributed by atoms with van der Waals surface area (Å²) < 4.78 is 0. The van der Waals surface area contributed by atoms with Crippen molar-refractivity contribution in [1.29, 1.82) is 0 Å². The highest BCUT2D eigenvalue weighted by Crippen LogP contribution is 2.67. The Kier molecular flexibility index (Phi) is 9.39. The van der Waals surface area contributed by atoms with Gasteiger partial charge >= 0.3 is 0 Å². The number of allylic oxidation sites excluding steroid dienone is 8. The fourth-order valence-electron chi connectivity index (χ4n) is 12.0. The van der Waals surface area contributed by atoms with Crippen LogP contribution in [0.15, 0.2) is 95.1 Å². The number of rotatable bonds is 9. The van der Waals surface area contributed by atoms with Crippen LogP contribution < -0.4 is 0 Å². The summed E-state index contributed by atoms with van der Waals surface area (Å²) in [6.45, 7) is 24.6. The van der Waals surface area contributed by atoms with E-state index in [0.717, 1.165) is 6.42 Å². The molecule has 0 aliphatic heterocycles. The van der Waals surface area contributed by atoms with Crippen molar-refractivity contribution in [2.45, 2.75) is 139 Å². The van der Waals surface area contributed by atoms with Crippen LogP contribution in [0.4, 0.5) is 0 Å². The fraction of sp³-hybridized carbons (Fsp3) is 0.600. The molecule has 0 amide bonds. The second kappa shape index (κ2) is 13.1. The topological polar surface area (TPSA) is 0 Å². The van der Waals surface area contributed by atoms with E-state index in [1.807, 2.05) is 0 Å². The second-order valence-corrected chi connectivity index (χ2v) is 19.5. The molecule has 0 bridgehead atoms. The third kappa shape index (κ3) is 5.78. The van der Waals surface area contributed by atoms with Gasteiger partial charge < -0.3 is 0 Å². The maximum absolute atomic E-state index is 2.92. The average Bonchev–Trinajstić information content (AvgIpc) is 3.74. The molecule has 0 heteroatoms. The van der Waals surface area contributed by atoms with E-state index >= 15 is 0 Å². The number of aryl methyl sites for hydroxylation is 2. The van der Waals surface area contributed by atoms with Crippen LogP contribution in [-0.2, 0) is 5.41 Å². The lowest BCUT2D eigenvalue weighted by Crippen LogP contribution is -2.48. The lowest BCUT2D eigenvalue weighted by molar-refractivity contribution is 0.155. The second-order valence-electron chi connectivity index (χ2n) is 19.5. The van der Waals surface area contributed by atoms with Gasteiger partial charge in [0.2, 0.25) is 0 Å². The van der Waals surface area contributed by atoms with Crippen LogP contribution in [-0.4, -0.2) is 0 Å². The van der Waals surface area contributed by atoms with Gasteiger partial charge in [0.1, 0.15) is 0 Å². The van der Waals surface area contributed by atoms with Gasteiger partial charge in [-0.05, 0) is 138 Å². The Morgan fingerprint density at radius 3 is 1.62 bits per heavy atom. The van der Waals surface area contributed by atoms with Crippen LogP contribution in [0, 0.1) is 65.6 Å². The van der Waals surface area contributed by atoms with Crippen LogP contribution in [0.3, 0.4) is 0 Å². The summed E-state index contributed by atoms with van der Waals surface area (Å²) in [6, 6.07) is 19.9. The predicted molar refractivity (Wildman–Crippen MR) is 215 cm³/mol. The molecular weight excluding hydrogens is 601 g/mol. The molecule has 5 atom stereocenters. The van der Waals surface area contributed by atoms with Crippen LogP contribution >= 0.6 is 0 Å². The molecule has 5 aliphatic rings.